The van der Waals surface area contributed by atoms with Gasteiger partial charge in [0, 0.05) is 31.1 Å². The summed E-state index contributed by atoms with van der Waals surface area (Å²) in [6.07, 6.45) is 21.8. The van der Waals surface area contributed by atoms with Crippen LogP contribution in [0.25, 0.3) is 0 Å². The Labute approximate surface area is 260 Å². The lowest BCUT2D eigenvalue weighted by Gasteiger charge is -2.21. The number of nitrogens with zero attached hydrogens (tertiary/aromatic N) is 1. The predicted octanol–water partition coefficient (Wildman–Crippen LogP) is 9.50. The van der Waals surface area contributed by atoms with Gasteiger partial charge in [0.25, 0.3) is 0 Å². The summed E-state index contributed by atoms with van der Waals surface area (Å²) in [6, 6.07) is 13.2. The van der Waals surface area contributed by atoms with E-state index in [0.29, 0.717) is 5.92 Å². The van der Waals surface area contributed by atoms with E-state index in [9.17, 15) is 0 Å². The summed E-state index contributed by atoms with van der Waals surface area (Å²) in [5, 5.41) is 1.34. The average Bonchev–Trinajstić information content (AvgIpc) is 3.41. The molecule has 0 N–H and O–H groups in total. The van der Waals surface area contributed by atoms with Crippen LogP contribution in [0.15, 0.2) is 42.6 Å². The molecule has 1 aromatic heterocycles. The predicted molar refractivity (Wildman–Crippen MR) is 181 cm³/mol. The number of hydrogen-bond donors (Lipinski definition) is 0. The molecule has 1 aliphatic heterocycles. The van der Waals surface area contributed by atoms with Crippen molar-refractivity contribution in [1.82, 2.24) is 4.98 Å². The lowest BCUT2D eigenvalue weighted by molar-refractivity contribution is 0.0366. The molecule has 2 aromatic rings. The van der Waals surface area contributed by atoms with Crippen LogP contribution in [-0.4, -0.2) is 34.0 Å². The van der Waals surface area contributed by atoms with Crippen molar-refractivity contribution in [2.75, 3.05) is 13.2 Å². The number of rotatable bonds is 24. The summed E-state index contributed by atoms with van der Waals surface area (Å²) in [5.41, 5.74) is 2.19. The SMILES string of the molecule is CCCCCCOCCCCC1Oc2ccc(C(CCCC(C)CCCCC)CCC(C)[SiH2]c3ccccn3)cc2O1. The quantitative estimate of drug-likeness (QED) is 0.0895. The lowest BCUT2D eigenvalue weighted by atomic mass is 9.87. The van der Waals surface area contributed by atoms with E-state index in [2.05, 4.69) is 63.0 Å². The summed E-state index contributed by atoms with van der Waals surface area (Å²) in [7, 11) is -0.354. The first-order valence-corrected chi connectivity index (χ1v) is 19.1. The maximum Gasteiger partial charge on any atom is 0.241 e. The molecule has 0 amide bonds. The molecule has 1 aromatic carbocycles. The van der Waals surface area contributed by atoms with Crippen molar-refractivity contribution in [2.45, 2.75) is 148 Å². The fourth-order valence-electron chi connectivity index (χ4n) is 6.18. The highest BCUT2D eigenvalue weighted by atomic mass is 28.2. The normalized spacial score (nSPS) is 16.7. The summed E-state index contributed by atoms with van der Waals surface area (Å²) >= 11 is 0. The van der Waals surface area contributed by atoms with Crippen molar-refractivity contribution in [3.63, 3.8) is 0 Å². The van der Waals surface area contributed by atoms with Gasteiger partial charge in [-0.25, -0.2) is 0 Å². The number of fused-ring (bicyclic) bond motifs is 1. The molecule has 0 spiro atoms. The first-order chi connectivity index (χ1) is 20.6. The Balaban J connectivity index is 1.48. The van der Waals surface area contributed by atoms with Gasteiger partial charge in [0.2, 0.25) is 6.29 Å². The molecule has 0 fully saturated rings. The van der Waals surface area contributed by atoms with Gasteiger partial charge in [-0.2, -0.15) is 0 Å². The van der Waals surface area contributed by atoms with Gasteiger partial charge in [0.1, 0.15) is 0 Å². The monoisotopic (exact) mass is 595 g/mol. The zero-order valence-electron chi connectivity index (χ0n) is 27.5. The van der Waals surface area contributed by atoms with Crippen LogP contribution in [0.2, 0.25) is 5.54 Å². The van der Waals surface area contributed by atoms with Gasteiger partial charge in [-0.3, -0.25) is 4.98 Å². The third-order valence-electron chi connectivity index (χ3n) is 8.92. The summed E-state index contributed by atoms with van der Waals surface area (Å²) in [6.45, 7) is 11.2. The van der Waals surface area contributed by atoms with Gasteiger partial charge in [-0.05, 0) is 79.3 Å². The van der Waals surface area contributed by atoms with E-state index in [1.54, 1.807) is 0 Å². The Kier molecular flexibility index (Phi) is 17.3. The fraction of sp³-hybridized carbons (Fsp3) is 0.703. The zero-order valence-corrected chi connectivity index (χ0v) is 28.9. The molecule has 42 heavy (non-hydrogen) atoms. The van der Waals surface area contributed by atoms with Gasteiger partial charge in [-0.1, -0.05) is 104 Å². The topological polar surface area (TPSA) is 40.6 Å². The molecule has 0 saturated carbocycles. The minimum Gasteiger partial charge on any atom is -0.451 e. The van der Waals surface area contributed by atoms with E-state index in [-0.39, 0.29) is 15.8 Å². The van der Waals surface area contributed by atoms with E-state index in [1.165, 1.54) is 94.4 Å². The maximum atomic E-state index is 6.31. The molecule has 0 radical (unpaired) electrons. The van der Waals surface area contributed by atoms with Crippen molar-refractivity contribution >= 4 is 14.8 Å². The van der Waals surface area contributed by atoms with Crippen molar-refractivity contribution in [2.24, 2.45) is 5.92 Å². The lowest BCUT2D eigenvalue weighted by Crippen LogP contribution is -2.21. The average molecular weight is 596 g/mol. The van der Waals surface area contributed by atoms with Crippen LogP contribution in [0.3, 0.4) is 0 Å². The smallest absolute Gasteiger partial charge is 0.241 e. The van der Waals surface area contributed by atoms with Crippen LogP contribution in [0.5, 0.6) is 11.5 Å². The number of hydrogen-bond acceptors (Lipinski definition) is 4. The van der Waals surface area contributed by atoms with Crippen molar-refractivity contribution in [1.29, 1.82) is 0 Å². The number of aromatic nitrogens is 1. The molecule has 2 heterocycles. The molecule has 3 rings (SSSR count). The van der Waals surface area contributed by atoms with Crippen LogP contribution >= 0.6 is 0 Å². The Morgan fingerprint density at radius 1 is 0.762 bits per heavy atom. The number of ether oxygens (including phenoxy) is 3. The molecule has 1 aliphatic rings. The van der Waals surface area contributed by atoms with Gasteiger partial charge in [0.05, 0.1) is 9.52 Å². The highest BCUT2D eigenvalue weighted by Crippen LogP contribution is 2.40. The minimum atomic E-state index is -0.354. The van der Waals surface area contributed by atoms with E-state index >= 15 is 0 Å². The minimum absolute atomic E-state index is 0.161. The van der Waals surface area contributed by atoms with Gasteiger partial charge >= 0.3 is 0 Å². The second kappa shape index (κ2) is 20.9. The van der Waals surface area contributed by atoms with Crippen molar-refractivity contribution in [3.05, 3.63) is 48.2 Å². The van der Waals surface area contributed by atoms with Gasteiger partial charge in [0.15, 0.2) is 11.5 Å². The molecule has 0 bridgehead atoms. The maximum absolute atomic E-state index is 6.31. The molecule has 0 aliphatic carbocycles. The van der Waals surface area contributed by atoms with E-state index < -0.39 is 0 Å². The first-order valence-electron chi connectivity index (χ1n) is 17.5. The Bertz CT molecular complexity index is 955. The van der Waals surface area contributed by atoms with E-state index in [1.807, 2.05) is 12.3 Å². The van der Waals surface area contributed by atoms with E-state index in [0.717, 1.165) is 55.4 Å². The van der Waals surface area contributed by atoms with Crippen LogP contribution in [-0.2, 0) is 4.74 Å². The number of benzene rings is 1. The summed E-state index contributed by atoms with van der Waals surface area (Å²) in [5.74, 6) is 3.26. The van der Waals surface area contributed by atoms with Crippen molar-refractivity contribution < 1.29 is 14.2 Å². The third kappa shape index (κ3) is 13.6. The summed E-state index contributed by atoms with van der Waals surface area (Å²) < 4.78 is 18.3. The Hall–Kier alpha value is -1.85. The number of pyridine rings is 1. The largest absolute Gasteiger partial charge is 0.451 e. The molecule has 0 saturated heterocycles. The van der Waals surface area contributed by atoms with Crippen LogP contribution in [0.4, 0.5) is 0 Å². The highest BCUT2D eigenvalue weighted by Gasteiger charge is 2.25. The second-order valence-electron chi connectivity index (χ2n) is 13.0. The van der Waals surface area contributed by atoms with E-state index in [4.69, 9.17) is 14.2 Å². The molecule has 236 valence electrons. The van der Waals surface area contributed by atoms with Crippen molar-refractivity contribution in [3.8, 4) is 11.5 Å². The Morgan fingerprint density at radius 2 is 1.52 bits per heavy atom. The van der Waals surface area contributed by atoms with Gasteiger partial charge in [-0.15, -0.1) is 0 Å². The van der Waals surface area contributed by atoms with Gasteiger partial charge < -0.3 is 14.2 Å². The highest BCUT2D eigenvalue weighted by molar-refractivity contribution is 6.53. The second-order valence-corrected chi connectivity index (χ2v) is 15.5. The molecular formula is C37H61NO3Si. The Morgan fingerprint density at radius 3 is 2.31 bits per heavy atom. The number of unbranched alkanes of at least 4 members (excludes halogenated alkanes) is 6. The fourth-order valence-corrected chi connectivity index (χ4v) is 7.82. The third-order valence-corrected chi connectivity index (χ3v) is 10.9. The molecular weight excluding hydrogens is 534 g/mol. The van der Waals surface area contributed by atoms with Crippen LogP contribution in [0.1, 0.15) is 142 Å². The standard InChI is InChI=1S/C37H61NO3Si/c1-5-7-9-14-27-39-28-15-12-21-37-40-34-25-24-33(29-35(34)41-37)32(19-16-18-30(3)17-10-8-6-2)23-22-31(4)42-36-20-11-13-26-38-36/h11,13,20,24-26,29-32,37H,5-10,12,14-19,21-23,27-28,42H2,1-4H3. The summed E-state index contributed by atoms with van der Waals surface area (Å²) in [4.78, 5) is 4.62. The molecule has 5 heteroatoms. The molecule has 4 nitrogen and oxygen atoms in total. The van der Waals surface area contributed by atoms with Crippen LogP contribution < -0.4 is 14.8 Å². The first kappa shape index (κ1) is 34.6. The van der Waals surface area contributed by atoms with Crippen LogP contribution in [0, 0.1) is 5.92 Å². The molecule has 4 atom stereocenters. The zero-order chi connectivity index (χ0) is 29.8. The molecule has 4 unspecified atom stereocenters.